The monoisotopic (exact) mass is 470 g/mol. The zero-order valence-electron chi connectivity index (χ0n) is 17.6. The topological polar surface area (TPSA) is 74.8 Å². The van der Waals surface area contributed by atoms with Crippen LogP contribution < -0.4 is 10.1 Å². The molecule has 7 nitrogen and oxygen atoms in total. The molecule has 3 amide bonds. The molecule has 0 bridgehead atoms. The second kappa shape index (κ2) is 10.0. The standard InChI is InChI=1S/C23H23ClN4O3S/c1-31-19-9-3-16(4-10-19)21-26-20(15-32-21)22(29)27-11-2-12-28(14-13-27)23(30)25-18-7-5-17(24)6-8-18/h3-10,15H,2,11-14H2,1H3,(H,25,30). The molecule has 2 heterocycles. The van der Waals surface area contributed by atoms with E-state index in [0.717, 1.165) is 16.3 Å². The summed E-state index contributed by atoms with van der Waals surface area (Å²) in [5.74, 6) is 0.664. The quantitative estimate of drug-likeness (QED) is 0.591. The van der Waals surface area contributed by atoms with E-state index in [1.807, 2.05) is 24.3 Å². The Bertz CT molecular complexity index is 1090. The van der Waals surface area contributed by atoms with Crippen molar-refractivity contribution in [2.24, 2.45) is 0 Å². The maximum Gasteiger partial charge on any atom is 0.321 e. The lowest BCUT2D eigenvalue weighted by Crippen LogP contribution is -2.39. The molecule has 0 unspecified atom stereocenters. The van der Waals surface area contributed by atoms with Gasteiger partial charge in [-0.2, -0.15) is 0 Å². The van der Waals surface area contributed by atoms with E-state index < -0.39 is 0 Å². The molecule has 1 N–H and O–H groups in total. The number of amides is 3. The molecule has 0 radical (unpaired) electrons. The minimum absolute atomic E-state index is 0.110. The second-order valence-electron chi connectivity index (χ2n) is 7.34. The molecule has 4 rings (SSSR count). The van der Waals surface area contributed by atoms with Gasteiger partial charge in [0.05, 0.1) is 7.11 Å². The average Bonchev–Trinajstić information content (AvgIpc) is 3.18. The van der Waals surface area contributed by atoms with Crippen molar-refractivity contribution in [3.63, 3.8) is 0 Å². The first kappa shape index (κ1) is 22.1. The molecule has 32 heavy (non-hydrogen) atoms. The van der Waals surface area contributed by atoms with E-state index in [4.69, 9.17) is 16.3 Å². The molecular formula is C23H23ClN4O3S. The van der Waals surface area contributed by atoms with E-state index in [1.165, 1.54) is 11.3 Å². The number of hydrogen-bond acceptors (Lipinski definition) is 5. The molecular weight excluding hydrogens is 448 g/mol. The number of halogens is 1. The summed E-state index contributed by atoms with van der Waals surface area (Å²) in [5, 5.41) is 6.07. The highest BCUT2D eigenvalue weighted by atomic mass is 35.5. The van der Waals surface area contributed by atoms with Crippen molar-refractivity contribution in [2.45, 2.75) is 6.42 Å². The number of hydrogen-bond donors (Lipinski definition) is 1. The Morgan fingerprint density at radius 3 is 2.41 bits per heavy atom. The Hall–Kier alpha value is -3.10. The minimum atomic E-state index is -0.183. The summed E-state index contributed by atoms with van der Waals surface area (Å²) in [5.41, 5.74) is 2.06. The summed E-state index contributed by atoms with van der Waals surface area (Å²) in [6.07, 6.45) is 0.704. The van der Waals surface area contributed by atoms with Crippen LogP contribution in [-0.2, 0) is 0 Å². The van der Waals surface area contributed by atoms with Gasteiger partial charge in [-0.15, -0.1) is 11.3 Å². The van der Waals surface area contributed by atoms with Crippen molar-refractivity contribution in [1.82, 2.24) is 14.8 Å². The van der Waals surface area contributed by atoms with Crippen LogP contribution in [0.1, 0.15) is 16.9 Å². The van der Waals surface area contributed by atoms with Gasteiger partial charge in [0, 0.05) is 47.8 Å². The van der Waals surface area contributed by atoms with Gasteiger partial charge < -0.3 is 19.9 Å². The number of aromatic nitrogens is 1. The number of thiazole rings is 1. The van der Waals surface area contributed by atoms with Gasteiger partial charge >= 0.3 is 6.03 Å². The Labute approximate surface area is 195 Å². The molecule has 1 saturated heterocycles. The van der Waals surface area contributed by atoms with Crippen molar-refractivity contribution in [3.8, 4) is 16.3 Å². The largest absolute Gasteiger partial charge is 0.497 e. The maximum atomic E-state index is 13.0. The molecule has 3 aromatic rings. The summed E-state index contributed by atoms with van der Waals surface area (Å²) in [6, 6.07) is 14.4. The highest BCUT2D eigenvalue weighted by Gasteiger charge is 2.24. The molecule has 0 atom stereocenters. The van der Waals surface area contributed by atoms with E-state index in [2.05, 4.69) is 10.3 Å². The molecule has 0 saturated carbocycles. The lowest BCUT2D eigenvalue weighted by Gasteiger charge is -2.22. The molecule has 166 valence electrons. The van der Waals surface area contributed by atoms with Crippen molar-refractivity contribution in [1.29, 1.82) is 0 Å². The smallest absolute Gasteiger partial charge is 0.321 e. The highest BCUT2D eigenvalue weighted by Crippen LogP contribution is 2.26. The van der Waals surface area contributed by atoms with Gasteiger partial charge in [0.1, 0.15) is 16.5 Å². The van der Waals surface area contributed by atoms with Gasteiger partial charge in [-0.3, -0.25) is 4.79 Å². The van der Waals surface area contributed by atoms with Crippen molar-refractivity contribution >= 4 is 40.6 Å². The van der Waals surface area contributed by atoms with Crippen molar-refractivity contribution in [3.05, 3.63) is 64.6 Å². The number of benzene rings is 2. The Morgan fingerprint density at radius 1 is 1.00 bits per heavy atom. The molecule has 0 aliphatic carbocycles. The number of rotatable bonds is 4. The summed E-state index contributed by atoms with van der Waals surface area (Å²) < 4.78 is 5.19. The first-order valence-corrected chi connectivity index (χ1v) is 11.5. The molecule has 9 heteroatoms. The number of methoxy groups -OCH3 is 1. The molecule has 1 aromatic heterocycles. The third-order valence-electron chi connectivity index (χ3n) is 5.23. The molecule has 1 aliphatic heterocycles. The van der Waals surface area contributed by atoms with Crippen LogP contribution in [-0.4, -0.2) is 60.0 Å². The number of carbonyl (C=O) groups excluding carboxylic acids is 2. The number of nitrogens with one attached hydrogen (secondary N) is 1. The zero-order chi connectivity index (χ0) is 22.5. The highest BCUT2D eigenvalue weighted by molar-refractivity contribution is 7.13. The van der Waals surface area contributed by atoms with Gasteiger partial charge in [-0.1, -0.05) is 11.6 Å². The average molecular weight is 471 g/mol. The van der Waals surface area contributed by atoms with E-state index in [0.29, 0.717) is 49.0 Å². The zero-order valence-corrected chi connectivity index (χ0v) is 19.2. The number of nitrogens with zero attached hydrogens (tertiary/aromatic N) is 3. The third-order valence-corrected chi connectivity index (χ3v) is 6.37. The molecule has 1 fully saturated rings. The van der Waals surface area contributed by atoms with Gasteiger partial charge in [0.15, 0.2) is 0 Å². The Kier molecular flexibility index (Phi) is 6.92. The fourth-order valence-electron chi connectivity index (χ4n) is 3.46. The number of anilines is 1. The molecule has 1 aliphatic rings. The van der Waals surface area contributed by atoms with Gasteiger partial charge in [0.25, 0.3) is 5.91 Å². The van der Waals surface area contributed by atoms with Crippen LogP contribution in [0.2, 0.25) is 5.02 Å². The molecule has 2 aromatic carbocycles. The van der Waals surface area contributed by atoms with Gasteiger partial charge in [-0.05, 0) is 55.0 Å². The lowest BCUT2D eigenvalue weighted by atomic mass is 10.2. The van der Waals surface area contributed by atoms with Gasteiger partial charge in [0.2, 0.25) is 0 Å². The summed E-state index contributed by atoms with van der Waals surface area (Å²) >= 11 is 7.33. The van der Waals surface area contributed by atoms with Crippen molar-refractivity contribution < 1.29 is 14.3 Å². The van der Waals surface area contributed by atoms with Crippen LogP contribution in [0, 0.1) is 0 Å². The van der Waals surface area contributed by atoms with Gasteiger partial charge in [-0.25, -0.2) is 9.78 Å². The SMILES string of the molecule is COc1ccc(-c2nc(C(=O)N3CCCN(C(=O)Nc4ccc(Cl)cc4)CC3)cs2)cc1. The fourth-order valence-corrected chi connectivity index (χ4v) is 4.39. The summed E-state index contributed by atoms with van der Waals surface area (Å²) in [4.78, 5) is 33.7. The predicted molar refractivity (Wildman–Crippen MR) is 127 cm³/mol. The lowest BCUT2D eigenvalue weighted by molar-refractivity contribution is 0.0757. The van der Waals surface area contributed by atoms with Crippen LogP contribution in [0.15, 0.2) is 53.9 Å². The second-order valence-corrected chi connectivity index (χ2v) is 8.63. The Morgan fingerprint density at radius 2 is 1.69 bits per heavy atom. The third kappa shape index (κ3) is 5.20. The number of carbonyl (C=O) groups is 2. The van der Waals surface area contributed by atoms with E-state index in [-0.39, 0.29) is 11.9 Å². The fraction of sp³-hybridized carbons (Fsp3) is 0.261. The normalized spacial score (nSPS) is 14.1. The van der Waals surface area contributed by atoms with E-state index in [1.54, 1.807) is 46.6 Å². The Balaban J connectivity index is 1.36. The van der Waals surface area contributed by atoms with E-state index in [9.17, 15) is 9.59 Å². The van der Waals surface area contributed by atoms with Crippen LogP contribution in [0.5, 0.6) is 5.75 Å². The number of ether oxygens (including phenoxy) is 1. The van der Waals surface area contributed by atoms with Crippen LogP contribution in [0.25, 0.3) is 10.6 Å². The van der Waals surface area contributed by atoms with Crippen molar-refractivity contribution in [2.75, 3.05) is 38.6 Å². The first-order valence-electron chi connectivity index (χ1n) is 10.2. The van der Waals surface area contributed by atoms with Crippen LogP contribution in [0.3, 0.4) is 0 Å². The van der Waals surface area contributed by atoms with E-state index >= 15 is 0 Å². The predicted octanol–water partition coefficient (Wildman–Crippen LogP) is 4.85. The molecule has 0 spiro atoms. The summed E-state index contributed by atoms with van der Waals surface area (Å²) in [6.45, 7) is 2.08. The minimum Gasteiger partial charge on any atom is -0.497 e. The first-order chi connectivity index (χ1) is 15.5. The van der Waals surface area contributed by atoms with Crippen LogP contribution >= 0.6 is 22.9 Å². The number of urea groups is 1. The van der Waals surface area contributed by atoms with Crippen LogP contribution in [0.4, 0.5) is 10.5 Å². The maximum absolute atomic E-state index is 13.0. The summed E-state index contributed by atoms with van der Waals surface area (Å²) in [7, 11) is 1.62.